The number of hydrogen-bond donors (Lipinski definition) is 0. The van der Waals surface area contributed by atoms with Crippen LogP contribution in [0.25, 0.3) is 33.9 Å². The molecule has 198 valence electrons. The van der Waals surface area contributed by atoms with Crippen molar-refractivity contribution in [1.82, 2.24) is 19.9 Å². The molecule has 0 atom stereocenters. The highest BCUT2D eigenvalue weighted by atomic mass is 19.1. The molecule has 0 aliphatic heterocycles. The fourth-order valence-corrected chi connectivity index (χ4v) is 3.47. The zero-order valence-electron chi connectivity index (χ0n) is 21.0. The summed E-state index contributed by atoms with van der Waals surface area (Å²) in [5.41, 5.74) is 3.46. The molecule has 0 saturated heterocycles. The first-order valence-electron chi connectivity index (χ1n) is 12.1. The maximum absolute atomic E-state index is 13.3. The lowest BCUT2D eigenvalue weighted by molar-refractivity contribution is 0.584. The average Bonchev–Trinajstić information content (AvgIpc) is 3.00. The van der Waals surface area contributed by atoms with Crippen molar-refractivity contribution in [2.75, 3.05) is 0 Å². The first-order chi connectivity index (χ1) is 19.5. The van der Waals surface area contributed by atoms with Crippen LogP contribution in [0.3, 0.4) is 0 Å². The maximum atomic E-state index is 13.3. The van der Waals surface area contributed by atoms with Crippen molar-refractivity contribution in [3.8, 4) is 33.9 Å². The highest BCUT2D eigenvalue weighted by Crippen LogP contribution is 2.21. The summed E-state index contributed by atoms with van der Waals surface area (Å²) in [6, 6.07) is 28.8. The van der Waals surface area contributed by atoms with Crippen molar-refractivity contribution >= 4 is 0 Å². The molecule has 40 heavy (non-hydrogen) atoms. The lowest BCUT2D eigenvalue weighted by atomic mass is 10.1. The van der Waals surface area contributed by atoms with Crippen LogP contribution in [0.2, 0.25) is 0 Å². The average molecular weight is 539 g/mol. The van der Waals surface area contributed by atoms with Crippen LogP contribution in [0.4, 0.5) is 17.6 Å². The molecule has 2 aromatic carbocycles. The minimum atomic E-state index is -0.594. The summed E-state index contributed by atoms with van der Waals surface area (Å²) in [5, 5.41) is 0. The molecule has 0 aliphatic rings. The van der Waals surface area contributed by atoms with Gasteiger partial charge in [0.2, 0.25) is 0 Å². The van der Waals surface area contributed by atoms with Crippen LogP contribution in [0, 0.1) is 23.3 Å². The molecular formula is C32H22F4N4. The van der Waals surface area contributed by atoms with Crippen LogP contribution in [-0.2, 0) is 0 Å². The molecule has 6 rings (SSSR count). The van der Waals surface area contributed by atoms with Crippen LogP contribution in [-0.4, -0.2) is 19.9 Å². The first-order valence-corrected chi connectivity index (χ1v) is 12.1. The van der Waals surface area contributed by atoms with Gasteiger partial charge in [0, 0.05) is 48.0 Å². The van der Waals surface area contributed by atoms with Gasteiger partial charge in [-0.15, -0.1) is 0 Å². The lowest BCUT2D eigenvalue weighted by Crippen LogP contribution is -1.88. The van der Waals surface area contributed by atoms with Crippen LogP contribution < -0.4 is 0 Å². The Balaban J connectivity index is 0.000000139. The van der Waals surface area contributed by atoms with Crippen molar-refractivity contribution in [3.05, 3.63) is 157 Å². The number of pyridine rings is 4. The predicted octanol–water partition coefficient (Wildman–Crippen LogP) is 8.20. The van der Waals surface area contributed by atoms with Gasteiger partial charge in [-0.25, -0.2) is 17.6 Å². The molecule has 4 aromatic heterocycles. The number of hydrogen-bond acceptors (Lipinski definition) is 4. The van der Waals surface area contributed by atoms with E-state index in [9.17, 15) is 17.6 Å². The molecule has 4 nitrogen and oxygen atoms in total. The Labute approximate surface area is 228 Å². The second kappa shape index (κ2) is 14.1. The van der Waals surface area contributed by atoms with E-state index in [0.717, 1.165) is 23.5 Å². The van der Waals surface area contributed by atoms with Crippen LogP contribution in [0.1, 0.15) is 0 Å². The van der Waals surface area contributed by atoms with Crippen molar-refractivity contribution in [1.29, 1.82) is 0 Å². The van der Waals surface area contributed by atoms with E-state index < -0.39 is 23.3 Å². The van der Waals surface area contributed by atoms with E-state index in [1.165, 1.54) is 24.3 Å². The fraction of sp³-hybridized carbons (Fsp3) is 0. The third kappa shape index (κ3) is 7.88. The van der Waals surface area contributed by atoms with Gasteiger partial charge in [0.15, 0.2) is 0 Å². The van der Waals surface area contributed by atoms with Crippen molar-refractivity contribution < 1.29 is 17.6 Å². The summed E-state index contributed by atoms with van der Waals surface area (Å²) in [5.74, 6) is -2.35. The Kier molecular flexibility index (Phi) is 9.77. The van der Waals surface area contributed by atoms with Crippen molar-refractivity contribution in [2.45, 2.75) is 0 Å². The summed E-state index contributed by atoms with van der Waals surface area (Å²) in [6.07, 6.45) is 6.67. The Morgan fingerprint density at radius 1 is 0.350 bits per heavy atom. The Hall–Kier alpha value is -5.24. The highest BCUT2D eigenvalue weighted by Gasteiger charge is 2.07. The van der Waals surface area contributed by atoms with Crippen LogP contribution in [0.5, 0.6) is 0 Å². The largest absolute Gasteiger partial charge is 0.256 e. The molecule has 0 radical (unpaired) electrons. The molecule has 0 saturated carbocycles. The molecular weight excluding hydrogens is 516 g/mol. The van der Waals surface area contributed by atoms with Crippen LogP contribution in [0.15, 0.2) is 134 Å². The molecule has 4 heterocycles. The van der Waals surface area contributed by atoms with E-state index in [0.29, 0.717) is 22.5 Å². The zero-order chi connectivity index (χ0) is 28.2. The monoisotopic (exact) mass is 538 g/mol. The smallest absolute Gasteiger partial charge is 0.135 e. The van der Waals surface area contributed by atoms with Gasteiger partial charge in [-0.2, -0.15) is 0 Å². The van der Waals surface area contributed by atoms with Crippen LogP contribution >= 0.6 is 0 Å². The summed E-state index contributed by atoms with van der Waals surface area (Å²) < 4.78 is 51.7. The zero-order valence-corrected chi connectivity index (χ0v) is 21.0. The molecule has 6 aromatic rings. The van der Waals surface area contributed by atoms with Gasteiger partial charge in [0.05, 0.1) is 22.8 Å². The van der Waals surface area contributed by atoms with Gasteiger partial charge in [0.1, 0.15) is 23.3 Å². The predicted molar refractivity (Wildman–Crippen MR) is 147 cm³/mol. The third-order valence-electron chi connectivity index (χ3n) is 5.34. The summed E-state index contributed by atoms with van der Waals surface area (Å²) in [4.78, 5) is 16.3. The summed E-state index contributed by atoms with van der Waals surface area (Å²) in [6.45, 7) is 0. The molecule has 0 spiro atoms. The Bertz CT molecular complexity index is 1500. The van der Waals surface area contributed by atoms with Crippen molar-refractivity contribution in [3.63, 3.8) is 0 Å². The standard InChI is InChI=1S/2C11H7F2N.C10H8N2/c2*12-8-4-5-9(10(13)7-8)11-3-1-2-6-14-11;1-3-7-11-9(5-1)10-6-2-4-8-12-10/h2*1-7H;1-8H. The van der Waals surface area contributed by atoms with Gasteiger partial charge in [-0.05, 0) is 72.8 Å². The van der Waals surface area contributed by atoms with Gasteiger partial charge >= 0.3 is 0 Å². The van der Waals surface area contributed by atoms with Gasteiger partial charge in [-0.3, -0.25) is 19.9 Å². The molecule has 0 aliphatic carbocycles. The van der Waals surface area contributed by atoms with E-state index in [2.05, 4.69) is 19.9 Å². The molecule has 0 fully saturated rings. The summed E-state index contributed by atoms with van der Waals surface area (Å²) in [7, 11) is 0. The lowest BCUT2D eigenvalue weighted by Gasteiger charge is -2.01. The second-order valence-corrected chi connectivity index (χ2v) is 8.11. The number of benzene rings is 2. The highest BCUT2D eigenvalue weighted by molar-refractivity contribution is 5.60. The second-order valence-electron chi connectivity index (χ2n) is 8.11. The minimum Gasteiger partial charge on any atom is -0.256 e. The van der Waals surface area contributed by atoms with E-state index in [1.54, 1.807) is 61.2 Å². The van der Waals surface area contributed by atoms with E-state index >= 15 is 0 Å². The fourth-order valence-electron chi connectivity index (χ4n) is 3.47. The number of aromatic nitrogens is 4. The summed E-state index contributed by atoms with van der Waals surface area (Å²) >= 11 is 0. The first kappa shape index (κ1) is 27.8. The molecule has 0 amide bonds. The molecule has 0 unspecified atom stereocenters. The normalized spacial score (nSPS) is 10.0. The van der Waals surface area contributed by atoms with Gasteiger partial charge in [-0.1, -0.05) is 24.3 Å². The van der Waals surface area contributed by atoms with E-state index in [1.807, 2.05) is 36.4 Å². The van der Waals surface area contributed by atoms with Gasteiger partial charge < -0.3 is 0 Å². The van der Waals surface area contributed by atoms with Crippen molar-refractivity contribution in [2.24, 2.45) is 0 Å². The number of halogens is 4. The maximum Gasteiger partial charge on any atom is 0.135 e. The minimum absolute atomic E-state index is 0.312. The topological polar surface area (TPSA) is 51.6 Å². The number of nitrogens with zero attached hydrogens (tertiary/aromatic N) is 4. The molecule has 8 heteroatoms. The molecule has 0 bridgehead atoms. The Morgan fingerprint density at radius 2 is 0.675 bits per heavy atom. The molecule has 0 N–H and O–H groups in total. The Morgan fingerprint density at radius 3 is 0.950 bits per heavy atom. The van der Waals surface area contributed by atoms with Gasteiger partial charge in [0.25, 0.3) is 0 Å². The van der Waals surface area contributed by atoms with E-state index in [-0.39, 0.29) is 0 Å². The SMILES string of the molecule is Fc1ccc(-c2ccccn2)c(F)c1.Fc1ccc(-c2ccccn2)c(F)c1.c1ccc(-c2ccccn2)nc1. The third-order valence-corrected chi connectivity index (χ3v) is 5.34. The number of rotatable bonds is 3. The van der Waals surface area contributed by atoms with E-state index in [4.69, 9.17) is 0 Å². The quantitative estimate of drug-likeness (QED) is 0.213.